The third-order valence-electron chi connectivity index (χ3n) is 9.06. The average Bonchev–Trinajstić information content (AvgIpc) is 3.48. The molecule has 2 aliphatic carbocycles. The first-order valence-corrected chi connectivity index (χ1v) is 15.8. The molecular weight excluding hydrogens is 548 g/mol. The fourth-order valence-corrected chi connectivity index (χ4v) is 6.72. The first-order chi connectivity index (χ1) is 21.4. The van der Waals surface area contributed by atoms with Crippen LogP contribution in [0.2, 0.25) is 0 Å². The molecule has 6 rings (SSSR count). The third-order valence-corrected chi connectivity index (χ3v) is 9.06. The smallest absolute Gasteiger partial charge is 0.259 e. The van der Waals surface area contributed by atoms with Gasteiger partial charge in [-0.05, 0) is 104 Å². The zero-order valence-corrected chi connectivity index (χ0v) is 26.2. The van der Waals surface area contributed by atoms with Crippen LogP contribution in [-0.4, -0.2) is 53.1 Å². The molecule has 3 aromatic rings. The van der Waals surface area contributed by atoms with Crippen molar-refractivity contribution in [1.82, 2.24) is 14.8 Å². The molecule has 1 aromatic heterocycles. The molecule has 0 radical (unpaired) electrons. The summed E-state index contributed by atoms with van der Waals surface area (Å²) in [6.07, 6.45) is 11.3. The maximum Gasteiger partial charge on any atom is 0.259 e. The second kappa shape index (κ2) is 12.7. The quantitative estimate of drug-likeness (QED) is 0.295. The number of methoxy groups -OCH3 is 1. The average molecular weight is 591 g/mol. The number of amides is 1. The van der Waals surface area contributed by atoms with Crippen LogP contribution in [0.5, 0.6) is 5.88 Å². The van der Waals surface area contributed by atoms with Gasteiger partial charge in [0.05, 0.1) is 30.7 Å². The van der Waals surface area contributed by atoms with Crippen molar-refractivity contribution >= 4 is 11.6 Å². The van der Waals surface area contributed by atoms with Gasteiger partial charge in [-0.2, -0.15) is 0 Å². The van der Waals surface area contributed by atoms with Crippen molar-refractivity contribution < 1.29 is 14.6 Å². The van der Waals surface area contributed by atoms with Gasteiger partial charge in [0.1, 0.15) is 5.82 Å². The number of carbonyl (C=O) groups is 1. The lowest BCUT2D eigenvalue weighted by molar-refractivity contribution is -0.113. The van der Waals surface area contributed by atoms with Crippen LogP contribution < -0.4 is 10.1 Å². The number of carbonyl (C=O) groups excluding carboxylic acids is 1. The van der Waals surface area contributed by atoms with Crippen LogP contribution >= 0.6 is 0 Å². The Morgan fingerprint density at radius 2 is 1.84 bits per heavy atom. The van der Waals surface area contributed by atoms with Gasteiger partial charge in [-0.3, -0.25) is 4.79 Å². The predicted molar refractivity (Wildman–Crippen MR) is 176 cm³/mol. The molecule has 2 heterocycles. The van der Waals surface area contributed by atoms with E-state index in [1.807, 2.05) is 36.3 Å². The van der Waals surface area contributed by atoms with E-state index in [1.165, 1.54) is 16.7 Å². The monoisotopic (exact) mass is 590 g/mol. The van der Waals surface area contributed by atoms with Crippen molar-refractivity contribution in [2.24, 2.45) is 0 Å². The Labute approximate surface area is 260 Å². The Kier molecular flexibility index (Phi) is 8.58. The minimum absolute atomic E-state index is 0.000413. The highest BCUT2D eigenvalue weighted by Gasteiger charge is 2.32. The van der Waals surface area contributed by atoms with E-state index in [4.69, 9.17) is 9.72 Å². The summed E-state index contributed by atoms with van der Waals surface area (Å²) in [5, 5.41) is 13.0. The number of aliphatic hydroxyl groups excluding tert-OH is 1. The van der Waals surface area contributed by atoms with Gasteiger partial charge < -0.3 is 25.0 Å². The number of aryl methyl sites for hydroxylation is 1. The molecule has 1 amide bonds. The molecule has 2 N–H and O–H groups in total. The number of aliphatic hydroxyl groups is 1. The lowest BCUT2D eigenvalue weighted by Gasteiger charge is -2.41. The van der Waals surface area contributed by atoms with Crippen LogP contribution in [0.25, 0.3) is 22.4 Å². The van der Waals surface area contributed by atoms with Gasteiger partial charge in [0.2, 0.25) is 5.88 Å². The van der Waals surface area contributed by atoms with Crippen LogP contribution in [0.4, 0.5) is 5.69 Å². The Hall–Kier alpha value is -4.36. The molecule has 44 heavy (non-hydrogen) atoms. The lowest BCUT2D eigenvalue weighted by atomic mass is 9.87. The fraction of sp³-hybridized carbons (Fsp3) is 0.351. The maximum atomic E-state index is 13.9. The summed E-state index contributed by atoms with van der Waals surface area (Å²) in [7, 11) is 3.72. The first-order valence-electron chi connectivity index (χ1n) is 15.8. The number of fused-ring (bicyclic) bond motifs is 1. The molecule has 1 saturated carbocycles. The number of likely N-dealkylation sites (N-methyl/N-ethyl adjacent to an activating group) is 1. The van der Waals surface area contributed by atoms with Gasteiger partial charge in [-0.15, -0.1) is 0 Å². The fourth-order valence-electron chi connectivity index (χ4n) is 6.72. The van der Waals surface area contributed by atoms with Crippen LogP contribution in [-0.2, 0) is 17.6 Å². The summed E-state index contributed by atoms with van der Waals surface area (Å²) in [5.74, 6) is 1.58. The number of nitrogens with one attached hydrogen (secondary N) is 1. The highest BCUT2D eigenvalue weighted by atomic mass is 16.5. The second-order valence-corrected chi connectivity index (χ2v) is 11.8. The Morgan fingerprint density at radius 1 is 1.07 bits per heavy atom. The molecule has 1 aliphatic heterocycles. The molecule has 0 bridgehead atoms. The molecule has 3 aliphatic rings. The van der Waals surface area contributed by atoms with Gasteiger partial charge in [0, 0.05) is 36.6 Å². The summed E-state index contributed by atoms with van der Waals surface area (Å²) in [5.41, 5.74) is 11.5. The van der Waals surface area contributed by atoms with Gasteiger partial charge >= 0.3 is 0 Å². The number of pyridine rings is 1. The first kappa shape index (κ1) is 29.7. The van der Waals surface area contributed by atoms with Crippen LogP contribution in [0.3, 0.4) is 0 Å². The van der Waals surface area contributed by atoms with Crippen molar-refractivity contribution in [1.29, 1.82) is 0 Å². The number of ether oxygens (including phenoxy) is 1. The van der Waals surface area contributed by atoms with E-state index in [2.05, 4.69) is 60.5 Å². The number of benzene rings is 2. The Balaban J connectivity index is 1.32. The number of β-amino-alcohol motifs (C(OH)–C–C–N with tert-alkyl or cyclic N) is 1. The standard InChI is InChI=1S/C37H42N4O3/c1-5-10-34-40(3)35(25-11-6-12-25)32(23-41(34)19-20-42)36(43)38-28-15-7-13-26(21-28)29-16-9-17-30(24(29)2)33-22-27-14-8-18-31(27)37(39-33)44-4/h7,9-10,13,15-17,21-23,42H,5-6,8,11-12,14,18-20H2,1-4H3,(H,38,43)/b34-10-. The topological polar surface area (TPSA) is 77.9 Å². The normalized spacial score (nSPS) is 17.0. The molecular formula is C37H42N4O3. The van der Waals surface area contributed by atoms with Crippen molar-refractivity contribution in [2.75, 3.05) is 32.6 Å². The molecule has 1 fully saturated rings. The molecule has 0 saturated heterocycles. The summed E-state index contributed by atoms with van der Waals surface area (Å²) in [6.45, 7) is 4.66. The predicted octanol–water partition coefficient (Wildman–Crippen LogP) is 6.97. The molecule has 228 valence electrons. The van der Waals surface area contributed by atoms with Crippen molar-refractivity contribution in [3.8, 4) is 28.3 Å². The van der Waals surface area contributed by atoms with E-state index in [1.54, 1.807) is 7.11 Å². The summed E-state index contributed by atoms with van der Waals surface area (Å²) in [6, 6.07) is 16.6. The number of rotatable bonds is 8. The van der Waals surface area contributed by atoms with Crippen LogP contribution in [0, 0.1) is 6.92 Å². The van der Waals surface area contributed by atoms with Gasteiger partial charge in [-0.25, -0.2) is 4.98 Å². The van der Waals surface area contributed by atoms with Gasteiger partial charge in [-0.1, -0.05) is 37.3 Å². The number of hydrogen-bond acceptors (Lipinski definition) is 6. The zero-order chi connectivity index (χ0) is 30.8. The number of allylic oxidation sites excluding steroid dienone is 2. The second-order valence-electron chi connectivity index (χ2n) is 11.8. The molecule has 0 unspecified atom stereocenters. The number of anilines is 1. The summed E-state index contributed by atoms with van der Waals surface area (Å²) in [4.78, 5) is 22.9. The number of hydrogen-bond donors (Lipinski definition) is 2. The lowest BCUT2D eigenvalue weighted by Crippen LogP contribution is -2.40. The van der Waals surface area contributed by atoms with E-state index < -0.39 is 0 Å². The van der Waals surface area contributed by atoms with Gasteiger partial charge in [0.25, 0.3) is 5.91 Å². The van der Waals surface area contributed by atoms with E-state index in [9.17, 15) is 9.90 Å². The van der Waals surface area contributed by atoms with Crippen LogP contribution in [0.1, 0.15) is 55.7 Å². The largest absolute Gasteiger partial charge is 0.481 e. The maximum absolute atomic E-state index is 13.9. The van der Waals surface area contributed by atoms with E-state index in [0.29, 0.717) is 12.1 Å². The van der Waals surface area contributed by atoms with Crippen LogP contribution in [0.15, 0.2) is 83.5 Å². The molecule has 0 spiro atoms. The van der Waals surface area contributed by atoms with Crippen molar-refractivity contribution in [2.45, 2.75) is 58.8 Å². The Morgan fingerprint density at radius 3 is 2.57 bits per heavy atom. The van der Waals surface area contributed by atoms with E-state index in [-0.39, 0.29) is 12.5 Å². The highest BCUT2D eigenvalue weighted by Crippen LogP contribution is 2.39. The SMILES string of the molecule is CC/C=C1\N(CCO)C=C(C(=O)Nc2cccc(-c3cccc(-c4cc5c(c(OC)n4)CCC5)c3C)c2)C(=C2CCC2)N1C. The molecule has 2 aromatic carbocycles. The van der Waals surface area contributed by atoms with E-state index >= 15 is 0 Å². The number of nitrogens with zero attached hydrogens (tertiary/aromatic N) is 3. The van der Waals surface area contributed by atoms with Gasteiger partial charge in [0.15, 0.2) is 0 Å². The Bertz CT molecular complexity index is 1680. The summed E-state index contributed by atoms with van der Waals surface area (Å²) < 4.78 is 5.67. The van der Waals surface area contributed by atoms with E-state index in [0.717, 1.165) is 96.0 Å². The van der Waals surface area contributed by atoms with Crippen molar-refractivity contribution in [3.05, 3.63) is 100 Å². The molecule has 7 heteroatoms. The minimum atomic E-state index is -0.151. The minimum Gasteiger partial charge on any atom is -0.481 e. The number of aromatic nitrogens is 1. The third kappa shape index (κ3) is 5.52. The molecule has 7 nitrogen and oxygen atoms in total. The summed E-state index contributed by atoms with van der Waals surface area (Å²) >= 11 is 0. The van der Waals surface area contributed by atoms with Crippen molar-refractivity contribution in [3.63, 3.8) is 0 Å². The molecule has 0 atom stereocenters. The zero-order valence-electron chi connectivity index (χ0n) is 26.2. The highest BCUT2D eigenvalue weighted by molar-refractivity contribution is 6.07.